The Morgan fingerprint density at radius 1 is 1.11 bits per heavy atom. The average molecular weight is 397 g/mol. The molecule has 1 aromatic heterocycles. The summed E-state index contributed by atoms with van der Waals surface area (Å²) < 4.78 is 0. The highest BCUT2D eigenvalue weighted by atomic mass is 35.5. The van der Waals surface area contributed by atoms with E-state index in [0.717, 1.165) is 35.4 Å². The van der Waals surface area contributed by atoms with Crippen molar-refractivity contribution in [3.8, 4) is 16.9 Å². The van der Waals surface area contributed by atoms with Crippen LogP contribution in [0.25, 0.3) is 22.0 Å². The van der Waals surface area contributed by atoms with Gasteiger partial charge in [-0.1, -0.05) is 36.7 Å². The quantitative estimate of drug-likeness (QED) is 0.730. The molecule has 0 atom stereocenters. The van der Waals surface area contributed by atoms with Gasteiger partial charge in [-0.15, -0.1) is 0 Å². The number of halogens is 1. The fourth-order valence-electron chi connectivity index (χ4n) is 3.61. The lowest BCUT2D eigenvalue weighted by Gasteiger charge is -2.35. The highest BCUT2D eigenvalue weighted by Crippen LogP contribution is 2.38. The molecule has 0 saturated carbocycles. The summed E-state index contributed by atoms with van der Waals surface area (Å²) in [5.74, 6) is 1.18. The van der Waals surface area contributed by atoms with E-state index in [-0.39, 0.29) is 11.7 Å². The molecule has 0 bridgehead atoms. The minimum Gasteiger partial charge on any atom is -0.507 e. The first kappa shape index (κ1) is 18.5. The second-order valence-electron chi connectivity index (χ2n) is 6.79. The Hall–Kier alpha value is -2.86. The molecule has 1 aliphatic rings. The molecule has 1 fully saturated rings. The minimum atomic E-state index is 0.176. The Bertz CT molecular complexity index is 1030. The van der Waals surface area contributed by atoms with Crippen molar-refractivity contribution in [3.05, 3.63) is 47.7 Å². The number of piperazine rings is 1. The van der Waals surface area contributed by atoms with Gasteiger partial charge in [-0.3, -0.25) is 4.79 Å². The van der Waals surface area contributed by atoms with Gasteiger partial charge in [0, 0.05) is 54.1 Å². The van der Waals surface area contributed by atoms with E-state index < -0.39 is 0 Å². The van der Waals surface area contributed by atoms with Gasteiger partial charge in [0.2, 0.25) is 5.91 Å². The number of phenols is 1. The van der Waals surface area contributed by atoms with Crippen molar-refractivity contribution in [2.45, 2.75) is 13.3 Å². The van der Waals surface area contributed by atoms with E-state index in [1.165, 1.54) is 0 Å². The second-order valence-corrected chi connectivity index (χ2v) is 7.19. The number of aromatic hydroxyl groups is 1. The Morgan fingerprint density at radius 2 is 1.86 bits per heavy atom. The molecule has 1 N–H and O–H groups in total. The van der Waals surface area contributed by atoms with Crippen molar-refractivity contribution in [2.75, 3.05) is 31.1 Å². The van der Waals surface area contributed by atoms with Crippen LogP contribution in [0.3, 0.4) is 0 Å². The van der Waals surface area contributed by atoms with Crippen LogP contribution in [0.4, 0.5) is 5.82 Å². The molecule has 2 heterocycles. The zero-order chi connectivity index (χ0) is 19.7. The predicted octanol–water partition coefficient (Wildman–Crippen LogP) is 3.71. The lowest BCUT2D eigenvalue weighted by atomic mass is 10.0. The van der Waals surface area contributed by atoms with Crippen LogP contribution in [-0.4, -0.2) is 52.1 Å². The summed E-state index contributed by atoms with van der Waals surface area (Å²) in [4.78, 5) is 24.9. The summed E-state index contributed by atoms with van der Waals surface area (Å²) in [6.45, 7) is 4.69. The maximum atomic E-state index is 11.9. The van der Waals surface area contributed by atoms with E-state index >= 15 is 0 Å². The number of carbonyl (C=O) groups excluding carboxylic acids is 1. The standard InChI is InChI=1S/C21H21ClN4O2/c1-2-20(28)25-7-9-26(10-8-25)21-16-11-17(22)15(12-18(16)23-13-24-21)14-5-3-4-6-19(14)27/h3-6,11-13,27H,2,7-10H2,1H3. The van der Waals surface area contributed by atoms with Gasteiger partial charge in [-0.25, -0.2) is 9.97 Å². The molecule has 144 valence electrons. The number of amides is 1. The van der Waals surface area contributed by atoms with Gasteiger partial charge in [-0.05, 0) is 18.2 Å². The molecule has 6 nitrogen and oxygen atoms in total. The molecular formula is C21H21ClN4O2. The fourth-order valence-corrected chi connectivity index (χ4v) is 3.88. The Labute approximate surface area is 168 Å². The number of phenolic OH excluding ortho intramolecular Hbond substituents is 1. The third-order valence-corrected chi connectivity index (χ3v) is 5.44. The van der Waals surface area contributed by atoms with Crippen molar-refractivity contribution in [3.63, 3.8) is 0 Å². The number of para-hydroxylation sites is 1. The van der Waals surface area contributed by atoms with Crippen molar-refractivity contribution < 1.29 is 9.90 Å². The molecule has 3 aromatic rings. The Kier molecular flexibility index (Phi) is 5.05. The number of rotatable bonds is 3. The van der Waals surface area contributed by atoms with E-state index in [2.05, 4.69) is 14.9 Å². The Balaban J connectivity index is 1.69. The van der Waals surface area contributed by atoms with Gasteiger partial charge in [0.1, 0.15) is 17.9 Å². The normalized spacial score (nSPS) is 14.5. The molecule has 28 heavy (non-hydrogen) atoms. The van der Waals surface area contributed by atoms with Crippen molar-refractivity contribution in [1.82, 2.24) is 14.9 Å². The lowest BCUT2D eigenvalue weighted by Crippen LogP contribution is -2.48. The van der Waals surface area contributed by atoms with Gasteiger partial charge in [0.15, 0.2) is 0 Å². The zero-order valence-corrected chi connectivity index (χ0v) is 16.4. The zero-order valence-electron chi connectivity index (χ0n) is 15.6. The summed E-state index contributed by atoms with van der Waals surface area (Å²) in [7, 11) is 0. The van der Waals surface area contributed by atoms with Crippen LogP contribution in [0, 0.1) is 0 Å². The van der Waals surface area contributed by atoms with Crippen molar-refractivity contribution >= 4 is 34.2 Å². The largest absolute Gasteiger partial charge is 0.507 e. The van der Waals surface area contributed by atoms with Crippen LogP contribution >= 0.6 is 11.6 Å². The fraction of sp³-hybridized carbons (Fsp3) is 0.286. The molecule has 1 saturated heterocycles. The van der Waals surface area contributed by atoms with Crippen LogP contribution in [0.15, 0.2) is 42.7 Å². The van der Waals surface area contributed by atoms with E-state index in [9.17, 15) is 9.90 Å². The van der Waals surface area contributed by atoms with Crippen LogP contribution in [0.2, 0.25) is 5.02 Å². The number of carbonyl (C=O) groups is 1. The second kappa shape index (κ2) is 7.64. The number of fused-ring (bicyclic) bond motifs is 1. The van der Waals surface area contributed by atoms with E-state index in [1.807, 2.05) is 36.1 Å². The summed E-state index contributed by atoms with van der Waals surface area (Å²) >= 11 is 6.57. The molecular weight excluding hydrogens is 376 g/mol. The molecule has 0 aliphatic carbocycles. The summed E-state index contributed by atoms with van der Waals surface area (Å²) in [6, 6.07) is 10.8. The minimum absolute atomic E-state index is 0.176. The number of benzene rings is 2. The van der Waals surface area contributed by atoms with Gasteiger partial charge in [0.25, 0.3) is 0 Å². The number of hydrogen-bond acceptors (Lipinski definition) is 5. The van der Waals surface area contributed by atoms with Crippen LogP contribution in [-0.2, 0) is 4.79 Å². The summed E-state index contributed by atoms with van der Waals surface area (Å²) in [5, 5.41) is 11.6. The van der Waals surface area contributed by atoms with Crippen LogP contribution in [0.1, 0.15) is 13.3 Å². The number of hydrogen-bond donors (Lipinski definition) is 1. The first-order chi connectivity index (χ1) is 13.6. The first-order valence-corrected chi connectivity index (χ1v) is 9.71. The molecule has 4 rings (SSSR count). The molecule has 7 heteroatoms. The molecule has 0 unspecified atom stereocenters. The van der Waals surface area contributed by atoms with Crippen molar-refractivity contribution in [2.24, 2.45) is 0 Å². The maximum Gasteiger partial charge on any atom is 0.222 e. The lowest BCUT2D eigenvalue weighted by molar-refractivity contribution is -0.131. The summed E-state index contributed by atoms with van der Waals surface area (Å²) in [6.07, 6.45) is 2.07. The molecule has 2 aromatic carbocycles. The van der Waals surface area contributed by atoms with Gasteiger partial charge in [-0.2, -0.15) is 0 Å². The molecule has 1 aliphatic heterocycles. The number of anilines is 1. The third-order valence-electron chi connectivity index (χ3n) is 5.13. The average Bonchev–Trinajstić information content (AvgIpc) is 2.73. The van der Waals surface area contributed by atoms with Crippen LogP contribution in [0.5, 0.6) is 5.75 Å². The molecule has 1 amide bonds. The monoisotopic (exact) mass is 396 g/mol. The summed E-state index contributed by atoms with van der Waals surface area (Å²) in [5.41, 5.74) is 2.16. The predicted molar refractivity (Wildman–Crippen MR) is 111 cm³/mol. The number of nitrogens with zero attached hydrogens (tertiary/aromatic N) is 4. The molecule has 0 spiro atoms. The van der Waals surface area contributed by atoms with Gasteiger partial charge < -0.3 is 14.9 Å². The van der Waals surface area contributed by atoms with Crippen molar-refractivity contribution in [1.29, 1.82) is 0 Å². The van der Waals surface area contributed by atoms with Crippen LogP contribution < -0.4 is 4.90 Å². The van der Waals surface area contributed by atoms with E-state index in [0.29, 0.717) is 30.1 Å². The third kappa shape index (κ3) is 3.36. The number of aromatic nitrogens is 2. The topological polar surface area (TPSA) is 69.6 Å². The first-order valence-electron chi connectivity index (χ1n) is 9.34. The SMILES string of the molecule is CCC(=O)N1CCN(c2ncnc3cc(-c4ccccc4O)c(Cl)cc23)CC1. The highest BCUT2D eigenvalue weighted by molar-refractivity contribution is 6.34. The smallest absolute Gasteiger partial charge is 0.222 e. The van der Waals surface area contributed by atoms with E-state index in [1.54, 1.807) is 18.5 Å². The van der Waals surface area contributed by atoms with Gasteiger partial charge >= 0.3 is 0 Å². The highest BCUT2D eigenvalue weighted by Gasteiger charge is 2.23. The van der Waals surface area contributed by atoms with E-state index in [4.69, 9.17) is 11.6 Å². The Morgan fingerprint density at radius 3 is 2.57 bits per heavy atom. The molecule has 0 radical (unpaired) electrons. The maximum absolute atomic E-state index is 11.9. The van der Waals surface area contributed by atoms with Gasteiger partial charge in [0.05, 0.1) is 5.52 Å².